The van der Waals surface area contributed by atoms with Crippen LogP contribution in [0.15, 0.2) is 73.1 Å². The fourth-order valence-electron chi connectivity index (χ4n) is 3.05. The van der Waals surface area contributed by atoms with Gasteiger partial charge in [-0.1, -0.05) is 43.3 Å². The highest BCUT2D eigenvalue weighted by molar-refractivity contribution is 6.39. The Morgan fingerprint density at radius 3 is 2.29 bits per heavy atom. The highest BCUT2D eigenvalue weighted by atomic mass is 16.2. The number of aromatic nitrogens is 1. The number of hydrogen-bond donors (Lipinski definition) is 3. The van der Waals surface area contributed by atoms with Crippen molar-refractivity contribution in [1.82, 2.24) is 10.3 Å². The SMILES string of the molecule is CCC(NC(=O)C(=O)Nc1ccc(C)c(NC(=O)c2ccncc2)c1)c1ccccc1. The molecule has 1 heterocycles. The second-order valence-electron chi connectivity index (χ2n) is 7.02. The lowest BCUT2D eigenvalue weighted by Gasteiger charge is -2.17. The normalized spacial score (nSPS) is 11.3. The maximum Gasteiger partial charge on any atom is 0.313 e. The van der Waals surface area contributed by atoms with Gasteiger partial charge in [0, 0.05) is 29.3 Å². The molecule has 3 N–H and O–H groups in total. The first-order chi connectivity index (χ1) is 15.0. The van der Waals surface area contributed by atoms with Crippen molar-refractivity contribution in [3.05, 3.63) is 89.7 Å². The fourth-order valence-corrected chi connectivity index (χ4v) is 3.05. The molecule has 7 nitrogen and oxygen atoms in total. The molecule has 158 valence electrons. The Morgan fingerprint density at radius 1 is 0.903 bits per heavy atom. The van der Waals surface area contributed by atoms with Crippen molar-refractivity contribution in [2.45, 2.75) is 26.3 Å². The van der Waals surface area contributed by atoms with Crippen molar-refractivity contribution in [1.29, 1.82) is 0 Å². The van der Waals surface area contributed by atoms with Crippen molar-refractivity contribution in [3.8, 4) is 0 Å². The number of hydrogen-bond acceptors (Lipinski definition) is 4. The summed E-state index contributed by atoms with van der Waals surface area (Å²) in [7, 11) is 0. The maximum atomic E-state index is 12.4. The van der Waals surface area contributed by atoms with Crippen LogP contribution in [0.5, 0.6) is 0 Å². The number of carbonyl (C=O) groups excluding carboxylic acids is 3. The third kappa shape index (κ3) is 5.76. The van der Waals surface area contributed by atoms with Crippen LogP contribution in [-0.4, -0.2) is 22.7 Å². The zero-order valence-corrected chi connectivity index (χ0v) is 17.4. The lowest BCUT2D eigenvalue weighted by molar-refractivity contribution is -0.136. The molecule has 0 bridgehead atoms. The van der Waals surface area contributed by atoms with Crippen LogP contribution >= 0.6 is 0 Å². The van der Waals surface area contributed by atoms with Gasteiger partial charge in [0.2, 0.25) is 0 Å². The van der Waals surface area contributed by atoms with E-state index in [1.807, 2.05) is 44.2 Å². The number of benzene rings is 2. The van der Waals surface area contributed by atoms with Crippen LogP contribution in [0, 0.1) is 6.92 Å². The standard InChI is InChI=1S/C24H24N4O3/c1-3-20(17-7-5-4-6-8-17)27-24(31)23(30)26-19-10-9-16(2)21(15-19)28-22(29)18-11-13-25-14-12-18/h4-15,20H,3H2,1-2H3,(H,26,30)(H,27,31)(H,28,29). The first-order valence-electron chi connectivity index (χ1n) is 9.96. The third-order valence-electron chi connectivity index (χ3n) is 4.81. The van der Waals surface area contributed by atoms with Gasteiger partial charge in [-0.15, -0.1) is 0 Å². The zero-order valence-electron chi connectivity index (χ0n) is 17.4. The third-order valence-corrected chi connectivity index (χ3v) is 4.81. The average molecular weight is 416 g/mol. The molecular formula is C24H24N4O3. The molecule has 2 aromatic carbocycles. The Hall–Kier alpha value is -4.00. The minimum absolute atomic E-state index is 0.257. The Labute approximate surface area is 180 Å². The van der Waals surface area contributed by atoms with Crippen molar-refractivity contribution < 1.29 is 14.4 Å². The molecule has 7 heteroatoms. The lowest BCUT2D eigenvalue weighted by Crippen LogP contribution is -2.37. The number of amides is 3. The summed E-state index contributed by atoms with van der Waals surface area (Å²) >= 11 is 0. The van der Waals surface area contributed by atoms with E-state index in [9.17, 15) is 14.4 Å². The summed E-state index contributed by atoms with van der Waals surface area (Å²) in [5.74, 6) is -1.79. The first-order valence-corrected chi connectivity index (χ1v) is 9.96. The summed E-state index contributed by atoms with van der Waals surface area (Å²) in [4.78, 5) is 41.1. The van der Waals surface area contributed by atoms with E-state index >= 15 is 0 Å². The fraction of sp³-hybridized carbons (Fsp3) is 0.167. The lowest BCUT2D eigenvalue weighted by atomic mass is 10.0. The number of pyridine rings is 1. The van der Waals surface area contributed by atoms with Gasteiger partial charge in [0.1, 0.15) is 0 Å². The van der Waals surface area contributed by atoms with E-state index in [0.717, 1.165) is 11.1 Å². The molecule has 0 aliphatic heterocycles. The van der Waals surface area contributed by atoms with Gasteiger partial charge >= 0.3 is 11.8 Å². The predicted molar refractivity (Wildman–Crippen MR) is 120 cm³/mol. The molecule has 0 fully saturated rings. The van der Waals surface area contributed by atoms with E-state index in [1.54, 1.807) is 30.3 Å². The van der Waals surface area contributed by atoms with Crippen LogP contribution in [0.25, 0.3) is 0 Å². The largest absolute Gasteiger partial charge is 0.341 e. The molecule has 0 spiro atoms. The Morgan fingerprint density at radius 2 is 1.61 bits per heavy atom. The van der Waals surface area contributed by atoms with Crippen LogP contribution in [-0.2, 0) is 9.59 Å². The summed E-state index contributed by atoms with van der Waals surface area (Å²) in [5, 5.41) is 8.16. The van der Waals surface area contributed by atoms with Crippen LogP contribution in [0.2, 0.25) is 0 Å². The van der Waals surface area contributed by atoms with Crippen LogP contribution in [0.1, 0.15) is 40.9 Å². The second kappa shape index (κ2) is 10.2. The van der Waals surface area contributed by atoms with E-state index in [1.165, 1.54) is 12.4 Å². The topological polar surface area (TPSA) is 100 Å². The summed E-state index contributed by atoms with van der Waals surface area (Å²) in [6.45, 7) is 3.78. The molecule has 31 heavy (non-hydrogen) atoms. The van der Waals surface area contributed by atoms with Crippen LogP contribution in [0.3, 0.4) is 0 Å². The first kappa shape index (κ1) is 21.7. The summed E-state index contributed by atoms with van der Waals surface area (Å²) in [6.07, 6.45) is 3.73. The number of carbonyl (C=O) groups is 3. The van der Waals surface area contributed by atoms with Crippen molar-refractivity contribution >= 4 is 29.1 Å². The number of nitrogens with one attached hydrogen (secondary N) is 3. The molecule has 0 saturated heterocycles. The molecule has 0 aliphatic rings. The van der Waals surface area contributed by atoms with E-state index in [4.69, 9.17) is 0 Å². The van der Waals surface area contributed by atoms with Gasteiger partial charge in [0.25, 0.3) is 5.91 Å². The smallest absolute Gasteiger partial charge is 0.313 e. The number of anilines is 2. The highest BCUT2D eigenvalue weighted by Gasteiger charge is 2.19. The summed E-state index contributed by atoms with van der Waals surface area (Å²) < 4.78 is 0. The molecule has 3 amide bonds. The molecule has 1 unspecified atom stereocenters. The highest BCUT2D eigenvalue weighted by Crippen LogP contribution is 2.21. The van der Waals surface area contributed by atoms with Gasteiger partial charge in [-0.05, 0) is 48.7 Å². The number of aryl methyl sites for hydroxylation is 1. The summed E-state index contributed by atoms with van der Waals surface area (Å²) in [6, 6.07) is 17.5. The van der Waals surface area contributed by atoms with E-state index in [2.05, 4.69) is 20.9 Å². The van der Waals surface area contributed by atoms with Crippen molar-refractivity contribution in [3.63, 3.8) is 0 Å². The van der Waals surface area contributed by atoms with Gasteiger partial charge in [0.05, 0.1) is 6.04 Å². The molecule has 1 atom stereocenters. The van der Waals surface area contributed by atoms with Gasteiger partial charge in [-0.3, -0.25) is 19.4 Å². The van der Waals surface area contributed by atoms with Gasteiger partial charge < -0.3 is 16.0 Å². The van der Waals surface area contributed by atoms with Gasteiger partial charge in [-0.2, -0.15) is 0 Å². The second-order valence-corrected chi connectivity index (χ2v) is 7.02. The number of nitrogens with zero attached hydrogens (tertiary/aromatic N) is 1. The van der Waals surface area contributed by atoms with Gasteiger partial charge in [0.15, 0.2) is 0 Å². The van der Waals surface area contributed by atoms with E-state index < -0.39 is 11.8 Å². The van der Waals surface area contributed by atoms with Crippen LogP contribution < -0.4 is 16.0 Å². The molecule has 1 aromatic heterocycles. The van der Waals surface area contributed by atoms with E-state index in [-0.39, 0.29) is 11.9 Å². The molecule has 0 aliphatic carbocycles. The maximum absolute atomic E-state index is 12.4. The number of rotatable bonds is 6. The summed E-state index contributed by atoms with van der Waals surface area (Å²) in [5.41, 5.74) is 3.16. The molecule has 3 rings (SSSR count). The minimum Gasteiger partial charge on any atom is -0.341 e. The van der Waals surface area contributed by atoms with Crippen molar-refractivity contribution in [2.24, 2.45) is 0 Å². The van der Waals surface area contributed by atoms with Crippen molar-refractivity contribution in [2.75, 3.05) is 10.6 Å². The molecule has 0 saturated carbocycles. The van der Waals surface area contributed by atoms with Gasteiger partial charge in [-0.25, -0.2) is 0 Å². The Balaban J connectivity index is 1.66. The zero-order chi connectivity index (χ0) is 22.2. The molecular weight excluding hydrogens is 392 g/mol. The predicted octanol–water partition coefficient (Wildman–Crippen LogP) is 3.85. The monoisotopic (exact) mass is 416 g/mol. The molecule has 0 radical (unpaired) electrons. The van der Waals surface area contributed by atoms with Crippen LogP contribution in [0.4, 0.5) is 11.4 Å². The average Bonchev–Trinajstić information content (AvgIpc) is 2.80. The molecule has 3 aromatic rings. The minimum atomic E-state index is -0.773. The van der Waals surface area contributed by atoms with E-state index in [0.29, 0.717) is 23.4 Å². The quantitative estimate of drug-likeness (QED) is 0.532. The Bertz CT molecular complexity index is 1070. The Kier molecular flexibility index (Phi) is 7.11.